The van der Waals surface area contributed by atoms with Gasteiger partial charge in [-0.1, -0.05) is 19.4 Å². The van der Waals surface area contributed by atoms with Gasteiger partial charge < -0.3 is 9.68 Å². The molecule has 0 heterocycles. The van der Waals surface area contributed by atoms with E-state index in [9.17, 15) is 0 Å². The summed E-state index contributed by atoms with van der Waals surface area (Å²) in [7, 11) is 0.728. The Hall–Kier alpha value is -0.275. The van der Waals surface area contributed by atoms with E-state index in [4.69, 9.17) is 9.68 Å². The molecule has 1 atom stereocenters. The zero-order valence-electron chi connectivity index (χ0n) is 6.42. The number of hydrogen-bond donors (Lipinski definition) is 1. The van der Waals surface area contributed by atoms with E-state index in [1.54, 1.807) is 0 Å². The third kappa shape index (κ3) is 4.59. The predicted molar refractivity (Wildman–Crippen MR) is 42.5 cm³/mol. The molecule has 10 heavy (non-hydrogen) atoms. The van der Waals surface area contributed by atoms with Crippen LogP contribution in [0.15, 0.2) is 12.7 Å². The highest BCUT2D eigenvalue weighted by Crippen LogP contribution is 2.06. The Morgan fingerprint density at radius 1 is 1.80 bits per heavy atom. The highest BCUT2D eigenvalue weighted by atomic mass is 16.5. The molecule has 1 radical (unpaired) electrons. The number of hydrogen-bond acceptors (Lipinski definition) is 2. The minimum atomic E-state index is 0.369. The molecule has 0 saturated heterocycles. The van der Waals surface area contributed by atoms with Gasteiger partial charge in [-0.15, -0.1) is 6.58 Å². The average Bonchev–Trinajstić information content (AvgIpc) is 1.98. The van der Waals surface area contributed by atoms with E-state index < -0.39 is 0 Å². The first-order valence-electron chi connectivity index (χ1n) is 3.55. The van der Waals surface area contributed by atoms with Crippen molar-refractivity contribution in [2.75, 3.05) is 6.61 Å². The largest absolute Gasteiger partial charge is 0.485 e. The van der Waals surface area contributed by atoms with Crippen LogP contribution in [-0.2, 0) is 4.65 Å². The summed E-state index contributed by atoms with van der Waals surface area (Å²) in [5.74, 6) is 0.369. The van der Waals surface area contributed by atoms with Gasteiger partial charge in [-0.2, -0.15) is 0 Å². The Labute approximate surface area is 63.2 Å². The van der Waals surface area contributed by atoms with Crippen LogP contribution in [0.4, 0.5) is 0 Å². The van der Waals surface area contributed by atoms with Gasteiger partial charge in [-0.25, -0.2) is 0 Å². The van der Waals surface area contributed by atoms with Crippen molar-refractivity contribution in [3.63, 3.8) is 0 Å². The third-order valence-electron chi connectivity index (χ3n) is 1.38. The van der Waals surface area contributed by atoms with Gasteiger partial charge in [-0.3, -0.25) is 0 Å². The smallest absolute Gasteiger partial charge is 0.429 e. The van der Waals surface area contributed by atoms with Crippen LogP contribution < -0.4 is 0 Å². The molecule has 0 aromatic carbocycles. The lowest BCUT2D eigenvalue weighted by atomic mass is 10.1. The summed E-state index contributed by atoms with van der Waals surface area (Å²) < 4.78 is 4.70. The fourth-order valence-corrected chi connectivity index (χ4v) is 0.807. The monoisotopic (exact) mass is 141 g/mol. The van der Waals surface area contributed by atoms with Crippen LogP contribution in [0.1, 0.15) is 19.8 Å². The first kappa shape index (κ1) is 9.72. The molecule has 1 unspecified atom stereocenters. The van der Waals surface area contributed by atoms with E-state index in [1.807, 2.05) is 6.08 Å². The Morgan fingerprint density at radius 3 is 2.90 bits per heavy atom. The Kier molecular flexibility index (Phi) is 6.65. The molecular formula is C7H14BO2. The Morgan fingerprint density at radius 2 is 2.50 bits per heavy atom. The molecule has 57 valence electrons. The molecule has 0 rings (SSSR count). The topological polar surface area (TPSA) is 29.5 Å². The summed E-state index contributed by atoms with van der Waals surface area (Å²) in [6.07, 6.45) is 4.04. The molecule has 0 saturated carbocycles. The minimum absolute atomic E-state index is 0.369. The Balaban J connectivity index is 3.29. The van der Waals surface area contributed by atoms with E-state index in [0.717, 1.165) is 20.5 Å². The lowest BCUT2D eigenvalue weighted by molar-refractivity contribution is 0.244. The number of rotatable bonds is 6. The summed E-state index contributed by atoms with van der Waals surface area (Å²) in [4.78, 5) is 0. The molecule has 0 aliphatic heterocycles. The van der Waals surface area contributed by atoms with Crippen molar-refractivity contribution in [2.24, 2.45) is 5.92 Å². The van der Waals surface area contributed by atoms with Crippen LogP contribution in [-0.4, -0.2) is 19.3 Å². The van der Waals surface area contributed by atoms with Gasteiger partial charge in [0, 0.05) is 6.61 Å². The maximum absolute atomic E-state index is 8.20. The van der Waals surface area contributed by atoms with Crippen molar-refractivity contribution < 1.29 is 9.68 Å². The molecule has 0 spiro atoms. The van der Waals surface area contributed by atoms with Gasteiger partial charge in [0.2, 0.25) is 0 Å². The van der Waals surface area contributed by atoms with Gasteiger partial charge in [0.1, 0.15) is 0 Å². The molecule has 0 aliphatic carbocycles. The van der Waals surface area contributed by atoms with Crippen molar-refractivity contribution in [1.82, 2.24) is 0 Å². The van der Waals surface area contributed by atoms with E-state index in [2.05, 4.69) is 13.5 Å². The molecule has 0 fully saturated rings. The van der Waals surface area contributed by atoms with E-state index in [1.165, 1.54) is 0 Å². The molecule has 2 nitrogen and oxygen atoms in total. The fourth-order valence-electron chi connectivity index (χ4n) is 0.807. The van der Waals surface area contributed by atoms with E-state index >= 15 is 0 Å². The van der Waals surface area contributed by atoms with Crippen LogP contribution in [0.3, 0.4) is 0 Å². The van der Waals surface area contributed by atoms with Gasteiger partial charge in [-0.05, 0) is 12.3 Å². The second kappa shape index (κ2) is 6.84. The maximum atomic E-state index is 8.20. The van der Waals surface area contributed by atoms with Gasteiger partial charge >= 0.3 is 7.69 Å². The lowest BCUT2D eigenvalue weighted by Gasteiger charge is -2.08. The maximum Gasteiger partial charge on any atom is 0.485 e. The first-order valence-corrected chi connectivity index (χ1v) is 3.55. The average molecular weight is 141 g/mol. The standard InChI is InChI=1S/C7H14BO2/c1-3-5-7(4-2)6-10-8-9/h4,7,9H,2-3,5-6H2,1H3. The van der Waals surface area contributed by atoms with Crippen molar-refractivity contribution >= 4 is 7.69 Å². The summed E-state index contributed by atoms with van der Waals surface area (Å²) >= 11 is 0. The Bertz CT molecular complexity index is 85.7. The molecule has 0 aromatic rings. The van der Waals surface area contributed by atoms with Gasteiger partial charge in [0.05, 0.1) is 0 Å². The molecule has 3 heteroatoms. The highest BCUT2D eigenvalue weighted by molar-refractivity contribution is 6.15. The molecular weight excluding hydrogens is 127 g/mol. The zero-order chi connectivity index (χ0) is 7.82. The van der Waals surface area contributed by atoms with Crippen LogP contribution in [0, 0.1) is 5.92 Å². The molecule has 0 aromatic heterocycles. The normalized spacial score (nSPS) is 12.6. The molecule has 0 amide bonds. The summed E-state index contributed by atoms with van der Waals surface area (Å²) in [5.41, 5.74) is 0. The second-order valence-electron chi connectivity index (χ2n) is 2.22. The van der Waals surface area contributed by atoms with Crippen molar-refractivity contribution in [3.8, 4) is 0 Å². The van der Waals surface area contributed by atoms with Crippen LogP contribution in [0.5, 0.6) is 0 Å². The highest BCUT2D eigenvalue weighted by Gasteiger charge is 2.01. The second-order valence-corrected chi connectivity index (χ2v) is 2.22. The van der Waals surface area contributed by atoms with E-state index in [-0.39, 0.29) is 0 Å². The van der Waals surface area contributed by atoms with Crippen LogP contribution >= 0.6 is 0 Å². The third-order valence-corrected chi connectivity index (χ3v) is 1.38. The van der Waals surface area contributed by atoms with Gasteiger partial charge in [0.25, 0.3) is 0 Å². The van der Waals surface area contributed by atoms with Crippen molar-refractivity contribution in [1.29, 1.82) is 0 Å². The minimum Gasteiger partial charge on any atom is -0.429 e. The lowest BCUT2D eigenvalue weighted by Crippen LogP contribution is -2.08. The SMILES string of the molecule is C=CC(CCC)CO[B]O. The predicted octanol–water partition coefficient (Wildman–Crippen LogP) is 1.13. The zero-order valence-corrected chi connectivity index (χ0v) is 6.42. The van der Waals surface area contributed by atoms with Crippen molar-refractivity contribution in [3.05, 3.63) is 12.7 Å². The molecule has 0 aliphatic rings. The molecule has 0 bridgehead atoms. The fraction of sp³-hybridized carbons (Fsp3) is 0.714. The molecule has 1 N–H and O–H groups in total. The van der Waals surface area contributed by atoms with Gasteiger partial charge in [0.15, 0.2) is 0 Å². The van der Waals surface area contributed by atoms with E-state index in [0.29, 0.717) is 12.5 Å². The summed E-state index contributed by atoms with van der Waals surface area (Å²) in [6, 6.07) is 0. The van der Waals surface area contributed by atoms with Crippen molar-refractivity contribution in [2.45, 2.75) is 19.8 Å². The van der Waals surface area contributed by atoms with Crippen LogP contribution in [0.25, 0.3) is 0 Å². The quantitative estimate of drug-likeness (QED) is 0.443. The van der Waals surface area contributed by atoms with Crippen LogP contribution in [0.2, 0.25) is 0 Å². The summed E-state index contributed by atoms with van der Waals surface area (Å²) in [5, 5.41) is 8.20. The summed E-state index contributed by atoms with van der Waals surface area (Å²) in [6.45, 7) is 6.30. The first-order chi connectivity index (χ1) is 4.85.